The highest BCUT2D eigenvalue weighted by atomic mass is 32.2. The number of carboxylic acid groups (broad SMARTS) is 1. The lowest BCUT2D eigenvalue weighted by Crippen LogP contribution is -2.27. The maximum absolute atomic E-state index is 11.1. The molecule has 0 saturated heterocycles. The predicted octanol–water partition coefficient (Wildman–Crippen LogP) is 0.449. The van der Waals surface area contributed by atoms with E-state index in [-0.39, 0.29) is 5.91 Å². The van der Waals surface area contributed by atoms with E-state index in [0.717, 1.165) is 17.9 Å². The quantitative estimate of drug-likeness (QED) is 0.659. The van der Waals surface area contributed by atoms with E-state index in [2.05, 4.69) is 0 Å². The smallest absolute Gasteiger partial charge is 0.328 e. The van der Waals surface area contributed by atoms with Crippen LogP contribution in [-0.4, -0.2) is 47.5 Å². The Morgan fingerprint density at radius 1 is 1.46 bits per heavy atom. The van der Waals surface area contributed by atoms with Gasteiger partial charge in [-0.3, -0.25) is 4.79 Å². The minimum absolute atomic E-state index is 0.281. The summed E-state index contributed by atoms with van der Waals surface area (Å²) in [7, 11) is 1.64. The topological polar surface area (TPSA) is 57.6 Å². The molecule has 0 atom stereocenters. The zero-order valence-corrected chi connectivity index (χ0v) is 8.50. The number of likely N-dealkylation sites (N-methyl/N-ethyl adjacent to an activating group) is 1. The molecule has 0 aliphatic carbocycles. The lowest BCUT2D eigenvalue weighted by Gasteiger charge is -2.13. The highest BCUT2D eigenvalue weighted by molar-refractivity contribution is 7.98. The van der Waals surface area contributed by atoms with Gasteiger partial charge in [-0.15, -0.1) is 0 Å². The van der Waals surface area contributed by atoms with Gasteiger partial charge in [0.1, 0.15) is 0 Å². The van der Waals surface area contributed by atoms with E-state index in [1.165, 1.54) is 4.90 Å². The summed E-state index contributed by atoms with van der Waals surface area (Å²) in [6.45, 7) is 0.629. The molecule has 0 saturated carbocycles. The van der Waals surface area contributed by atoms with Crippen LogP contribution in [0.3, 0.4) is 0 Å². The van der Waals surface area contributed by atoms with Crippen molar-refractivity contribution in [1.29, 1.82) is 0 Å². The van der Waals surface area contributed by atoms with Gasteiger partial charge in [0.2, 0.25) is 5.91 Å². The lowest BCUT2D eigenvalue weighted by molar-refractivity contribution is -0.132. The van der Waals surface area contributed by atoms with Crippen LogP contribution in [0.5, 0.6) is 0 Å². The van der Waals surface area contributed by atoms with Crippen LogP contribution in [0, 0.1) is 0 Å². The fourth-order valence-electron chi connectivity index (χ4n) is 0.608. The van der Waals surface area contributed by atoms with E-state index < -0.39 is 5.97 Å². The molecule has 13 heavy (non-hydrogen) atoms. The van der Waals surface area contributed by atoms with Gasteiger partial charge in [-0.05, 0) is 6.26 Å². The monoisotopic (exact) mass is 203 g/mol. The highest BCUT2D eigenvalue weighted by Crippen LogP contribution is 1.94. The zero-order valence-electron chi connectivity index (χ0n) is 7.69. The number of carbonyl (C=O) groups excluding carboxylic acids is 1. The van der Waals surface area contributed by atoms with Crippen molar-refractivity contribution in [2.24, 2.45) is 0 Å². The maximum Gasteiger partial charge on any atom is 0.328 e. The second-order valence-electron chi connectivity index (χ2n) is 2.42. The van der Waals surface area contributed by atoms with Crippen LogP contribution in [0.1, 0.15) is 0 Å². The molecule has 4 nitrogen and oxygen atoms in total. The van der Waals surface area contributed by atoms with Crippen molar-refractivity contribution < 1.29 is 14.7 Å². The molecule has 0 aliphatic rings. The van der Waals surface area contributed by atoms with Crippen LogP contribution in [0.15, 0.2) is 12.2 Å². The summed E-state index contributed by atoms with van der Waals surface area (Å²) in [5.74, 6) is -0.536. The second-order valence-corrected chi connectivity index (χ2v) is 3.41. The third-order valence-corrected chi connectivity index (χ3v) is 1.97. The Bertz CT molecular complexity index is 215. The molecule has 0 aromatic rings. The fourth-order valence-corrected chi connectivity index (χ4v) is 1.06. The Morgan fingerprint density at radius 3 is 2.54 bits per heavy atom. The maximum atomic E-state index is 11.1. The van der Waals surface area contributed by atoms with Crippen molar-refractivity contribution in [1.82, 2.24) is 4.90 Å². The molecule has 1 amide bonds. The molecular formula is C8H13NO3S. The summed E-state index contributed by atoms with van der Waals surface area (Å²) in [6.07, 6.45) is 3.85. The van der Waals surface area contributed by atoms with E-state index in [1.54, 1.807) is 18.8 Å². The molecule has 5 heteroatoms. The normalized spacial score (nSPS) is 10.3. The molecular weight excluding hydrogens is 190 g/mol. The van der Waals surface area contributed by atoms with Crippen molar-refractivity contribution in [2.45, 2.75) is 0 Å². The van der Waals surface area contributed by atoms with Gasteiger partial charge in [0.05, 0.1) is 0 Å². The summed E-state index contributed by atoms with van der Waals surface area (Å²) < 4.78 is 0. The Hall–Kier alpha value is -0.970. The summed E-state index contributed by atoms with van der Waals surface area (Å²) in [5, 5.41) is 8.26. The number of amides is 1. The van der Waals surface area contributed by atoms with E-state index >= 15 is 0 Å². The van der Waals surface area contributed by atoms with E-state index in [1.807, 2.05) is 6.26 Å². The van der Waals surface area contributed by atoms with Gasteiger partial charge >= 0.3 is 5.97 Å². The Morgan fingerprint density at radius 2 is 2.08 bits per heavy atom. The predicted molar refractivity (Wildman–Crippen MR) is 52.8 cm³/mol. The van der Waals surface area contributed by atoms with Crippen LogP contribution in [0.25, 0.3) is 0 Å². The number of carboxylic acids is 1. The number of carbonyl (C=O) groups is 2. The van der Waals surface area contributed by atoms with Crippen molar-refractivity contribution in [3.63, 3.8) is 0 Å². The first-order valence-electron chi connectivity index (χ1n) is 3.73. The standard InChI is InChI=1S/C8H13NO3S/c1-9(5-6-13-2)7(10)3-4-8(11)12/h3-4H,5-6H2,1-2H3,(H,11,12)/b4-3+. The number of aliphatic carboxylic acids is 1. The molecule has 0 aliphatic heterocycles. The summed E-state index contributed by atoms with van der Waals surface area (Å²) in [6, 6.07) is 0. The minimum atomic E-state index is -1.10. The molecule has 0 heterocycles. The Labute approximate surface area is 81.6 Å². The highest BCUT2D eigenvalue weighted by Gasteiger charge is 2.03. The molecule has 0 fully saturated rings. The van der Waals surface area contributed by atoms with Crippen LogP contribution in [0.4, 0.5) is 0 Å². The van der Waals surface area contributed by atoms with Crippen LogP contribution in [-0.2, 0) is 9.59 Å². The number of thioether (sulfide) groups is 1. The first-order valence-corrected chi connectivity index (χ1v) is 5.12. The third kappa shape index (κ3) is 6.21. The summed E-state index contributed by atoms with van der Waals surface area (Å²) in [4.78, 5) is 22.7. The Balaban J connectivity index is 3.89. The van der Waals surface area contributed by atoms with E-state index in [0.29, 0.717) is 6.54 Å². The van der Waals surface area contributed by atoms with Crippen molar-refractivity contribution in [3.8, 4) is 0 Å². The van der Waals surface area contributed by atoms with Crippen molar-refractivity contribution >= 4 is 23.6 Å². The van der Waals surface area contributed by atoms with E-state index in [4.69, 9.17) is 5.11 Å². The minimum Gasteiger partial charge on any atom is -0.478 e. The second kappa shape index (κ2) is 6.54. The van der Waals surface area contributed by atoms with Crippen LogP contribution >= 0.6 is 11.8 Å². The van der Waals surface area contributed by atoms with Gasteiger partial charge in [-0.25, -0.2) is 4.79 Å². The largest absolute Gasteiger partial charge is 0.478 e. The summed E-state index contributed by atoms with van der Waals surface area (Å²) in [5.41, 5.74) is 0. The van der Waals surface area contributed by atoms with Gasteiger partial charge in [0, 0.05) is 31.5 Å². The first kappa shape index (κ1) is 12.0. The third-order valence-electron chi connectivity index (χ3n) is 1.38. The van der Waals surface area contributed by atoms with Gasteiger partial charge in [-0.1, -0.05) is 0 Å². The van der Waals surface area contributed by atoms with Gasteiger partial charge in [-0.2, -0.15) is 11.8 Å². The van der Waals surface area contributed by atoms with Gasteiger partial charge < -0.3 is 10.0 Å². The van der Waals surface area contributed by atoms with Crippen LogP contribution < -0.4 is 0 Å². The van der Waals surface area contributed by atoms with Gasteiger partial charge in [0.15, 0.2) is 0 Å². The van der Waals surface area contributed by atoms with Gasteiger partial charge in [0.25, 0.3) is 0 Å². The molecule has 0 rings (SSSR count). The number of hydrogen-bond acceptors (Lipinski definition) is 3. The lowest BCUT2D eigenvalue weighted by atomic mass is 10.4. The van der Waals surface area contributed by atoms with Crippen LogP contribution in [0.2, 0.25) is 0 Å². The zero-order chi connectivity index (χ0) is 10.3. The molecule has 0 aromatic carbocycles. The molecule has 0 bridgehead atoms. The molecule has 0 aromatic heterocycles. The number of hydrogen-bond donors (Lipinski definition) is 1. The average Bonchev–Trinajstić information content (AvgIpc) is 2.10. The fraction of sp³-hybridized carbons (Fsp3) is 0.500. The SMILES string of the molecule is CSCCN(C)C(=O)/C=C/C(=O)O. The molecule has 74 valence electrons. The summed E-state index contributed by atoms with van der Waals surface area (Å²) >= 11 is 1.64. The molecule has 0 unspecified atom stereocenters. The van der Waals surface area contributed by atoms with E-state index in [9.17, 15) is 9.59 Å². The first-order chi connectivity index (χ1) is 6.07. The molecule has 1 N–H and O–H groups in total. The Kier molecular flexibility index (Phi) is 6.05. The molecule has 0 radical (unpaired) electrons. The number of rotatable bonds is 5. The van der Waals surface area contributed by atoms with Crippen molar-refractivity contribution in [2.75, 3.05) is 25.6 Å². The molecule has 0 spiro atoms. The average molecular weight is 203 g/mol. The van der Waals surface area contributed by atoms with Crippen molar-refractivity contribution in [3.05, 3.63) is 12.2 Å². The number of nitrogens with zero attached hydrogens (tertiary/aromatic N) is 1.